The molecule has 0 saturated heterocycles. The van der Waals surface area contributed by atoms with Crippen LogP contribution in [0.25, 0.3) is 26.8 Å². The van der Waals surface area contributed by atoms with Crippen molar-refractivity contribution in [1.82, 2.24) is 14.4 Å². The van der Waals surface area contributed by atoms with Crippen LogP contribution in [0.4, 0.5) is 0 Å². The summed E-state index contributed by atoms with van der Waals surface area (Å²) in [5, 5.41) is 1.71. The maximum Gasteiger partial charge on any atom is 0.137 e. The molecule has 0 saturated carbocycles. The van der Waals surface area contributed by atoms with E-state index in [-0.39, 0.29) is 0 Å². The summed E-state index contributed by atoms with van der Waals surface area (Å²) in [7, 11) is 0. The molecule has 0 aliphatic rings. The molecule has 4 aromatic rings. The van der Waals surface area contributed by atoms with Crippen LogP contribution in [0.3, 0.4) is 0 Å². The predicted molar refractivity (Wildman–Crippen MR) is 91.5 cm³/mol. The Bertz CT molecular complexity index is 957. The van der Waals surface area contributed by atoms with E-state index in [0.717, 1.165) is 32.5 Å². The van der Waals surface area contributed by atoms with E-state index in [1.807, 2.05) is 54.0 Å². The summed E-state index contributed by atoms with van der Waals surface area (Å²) >= 11 is 7.70. The summed E-state index contributed by atoms with van der Waals surface area (Å²) in [5.41, 5.74) is 3.94. The summed E-state index contributed by atoms with van der Waals surface area (Å²) in [6.45, 7) is 2.02. The second kappa shape index (κ2) is 5.23. The molecule has 0 atom stereocenters. The molecule has 3 heterocycles. The lowest BCUT2D eigenvalue weighted by atomic mass is 10.2. The number of benzene rings is 1. The zero-order valence-corrected chi connectivity index (χ0v) is 13.4. The molecule has 0 aliphatic carbocycles. The summed E-state index contributed by atoms with van der Waals surface area (Å²) in [4.78, 5) is 10.5. The lowest BCUT2D eigenvalue weighted by Gasteiger charge is -1.92. The Balaban J connectivity index is 1.83. The number of nitrogens with zero attached hydrogens (tertiary/aromatic N) is 3. The van der Waals surface area contributed by atoms with Gasteiger partial charge in [-0.3, -0.25) is 0 Å². The van der Waals surface area contributed by atoms with Gasteiger partial charge in [0.15, 0.2) is 0 Å². The van der Waals surface area contributed by atoms with Crippen molar-refractivity contribution in [3.05, 3.63) is 65.6 Å². The van der Waals surface area contributed by atoms with Crippen LogP contribution in [-0.4, -0.2) is 14.4 Å². The molecule has 0 N–H and O–H groups in total. The SMILES string of the molecule is Cc1nc(-c2ccccc2)sc1-c1cn2cc(Cl)ccc2n1. The Morgan fingerprint density at radius 3 is 2.64 bits per heavy atom. The summed E-state index contributed by atoms with van der Waals surface area (Å²) < 4.78 is 1.94. The second-order valence-electron chi connectivity index (χ2n) is 5.04. The molecule has 0 aliphatic heterocycles. The van der Waals surface area contributed by atoms with Crippen LogP contribution in [0.2, 0.25) is 5.02 Å². The smallest absolute Gasteiger partial charge is 0.137 e. The first kappa shape index (κ1) is 13.5. The Morgan fingerprint density at radius 2 is 1.82 bits per heavy atom. The molecule has 5 heteroatoms. The lowest BCUT2D eigenvalue weighted by molar-refractivity contribution is 1.19. The molecule has 22 heavy (non-hydrogen) atoms. The van der Waals surface area contributed by atoms with Gasteiger partial charge in [0.05, 0.1) is 15.6 Å². The van der Waals surface area contributed by atoms with Crippen LogP contribution < -0.4 is 0 Å². The van der Waals surface area contributed by atoms with Crippen molar-refractivity contribution < 1.29 is 0 Å². The normalized spacial score (nSPS) is 11.2. The fourth-order valence-corrected chi connectivity index (χ4v) is 3.61. The number of aromatic nitrogens is 3. The van der Waals surface area contributed by atoms with Crippen LogP contribution in [-0.2, 0) is 0 Å². The van der Waals surface area contributed by atoms with E-state index < -0.39 is 0 Å². The third kappa shape index (κ3) is 2.30. The molecule has 0 bridgehead atoms. The lowest BCUT2D eigenvalue weighted by Crippen LogP contribution is -1.79. The zero-order chi connectivity index (χ0) is 15.1. The van der Waals surface area contributed by atoms with Gasteiger partial charge >= 0.3 is 0 Å². The molecule has 4 rings (SSSR count). The van der Waals surface area contributed by atoms with Gasteiger partial charge in [-0.15, -0.1) is 11.3 Å². The number of imidazole rings is 1. The highest BCUT2D eigenvalue weighted by Crippen LogP contribution is 2.34. The zero-order valence-electron chi connectivity index (χ0n) is 11.8. The van der Waals surface area contributed by atoms with E-state index in [4.69, 9.17) is 11.6 Å². The fourth-order valence-electron chi connectivity index (χ4n) is 2.41. The number of hydrogen-bond acceptors (Lipinski definition) is 3. The first-order valence-electron chi connectivity index (χ1n) is 6.88. The van der Waals surface area contributed by atoms with Gasteiger partial charge in [-0.2, -0.15) is 0 Å². The van der Waals surface area contributed by atoms with E-state index in [0.29, 0.717) is 5.02 Å². The van der Waals surface area contributed by atoms with Crippen molar-refractivity contribution in [1.29, 1.82) is 0 Å². The molecule has 3 aromatic heterocycles. The van der Waals surface area contributed by atoms with E-state index in [1.54, 1.807) is 11.3 Å². The van der Waals surface area contributed by atoms with Gasteiger partial charge in [0.2, 0.25) is 0 Å². The maximum atomic E-state index is 6.03. The standard InChI is InChI=1S/C17H12ClN3S/c1-11-16(22-17(19-11)12-5-3-2-4-6-12)14-10-21-9-13(18)7-8-15(21)20-14/h2-10H,1H3. The monoisotopic (exact) mass is 325 g/mol. The van der Waals surface area contributed by atoms with E-state index >= 15 is 0 Å². The van der Waals surface area contributed by atoms with Gasteiger partial charge in [-0.25, -0.2) is 9.97 Å². The Labute approximate surface area is 136 Å². The van der Waals surface area contributed by atoms with Crippen molar-refractivity contribution in [3.8, 4) is 21.1 Å². The largest absolute Gasteiger partial charge is 0.305 e. The molecular weight excluding hydrogens is 314 g/mol. The van der Waals surface area contributed by atoms with Crippen molar-refractivity contribution in [2.75, 3.05) is 0 Å². The number of thiazole rings is 1. The van der Waals surface area contributed by atoms with Crippen molar-refractivity contribution in [2.45, 2.75) is 6.92 Å². The van der Waals surface area contributed by atoms with Gasteiger partial charge in [-0.05, 0) is 19.1 Å². The number of halogens is 1. The molecule has 0 amide bonds. The Hall–Kier alpha value is -2.17. The second-order valence-corrected chi connectivity index (χ2v) is 6.47. The molecule has 0 spiro atoms. The minimum Gasteiger partial charge on any atom is -0.305 e. The molecular formula is C17H12ClN3S. The van der Waals surface area contributed by atoms with Crippen LogP contribution in [0.5, 0.6) is 0 Å². The van der Waals surface area contributed by atoms with E-state index in [2.05, 4.69) is 22.1 Å². The first-order valence-corrected chi connectivity index (χ1v) is 8.07. The van der Waals surface area contributed by atoms with E-state index in [1.165, 1.54) is 0 Å². The first-order chi connectivity index (χ1) is 10.7. The molecule has 0 unspecified atom stereocenters. The van der Waals surface area contributed by atoms with Crippen molar-refractivity contribution in [2.24, 2.45) is 0 Å². The Kier molecular flexibility index (Phi) is 3.21. The number of hydrogen-bond donors (Lipinski definition) is 0. The number of pyridine rings is 1. The number of aryl methyl sites for hydroxylation is 1. The third-order valence-electron chi connectivity index (χ3n) is 3.46. The number of rotatable bonds is 2. The summed E-state index contributed by atoms with van der Waals surface area (Å²) in [6.07, 6.45) is 3.86. The maximum absolute atomic E-state index is 6.03. The van der Waals surface area contributed by atoms with Gasteiger partial charge in [0.25, 0.3) is 0 Å². The highest BCUT2D eigenvalue weighted by molar-refractivity contribution is 7.18. The van der Waals surface area contributed by atoms with Crippen LogP contribution in [0.1, 0.15) is 5.69 Å². The summed E-state index contributed by atoms with van der Waals surface area (Å²) in [5.74, 6) is 0. The topological polar surface area (TPSA) is 30.2 Å². The molecule has 0 radical (unpaired) electrons. The van der Waals surface area contributed by atoms with Crippen LogP contribution >= 0.6 is 22.9 Å². The van der Waals surface area contributed by atoms with E-state index in [9.17, 15) is 0 Å². The van der Waals surface area contributed by atoms with Crippen molar-refractivity contribution >= 4 is 28.6 Å². The number of fused-ring (bicyclic) bond motifs is 1. The highest BCUT2D eigenvalue weighted by Gasteiger charge is 2.14. The summed E-state index contributed by atoms with van der Waals surface area (Å²) in [6, 6.07) is 14.0. The average molecular weight is 326 g/mol. The molecule has 0 fully saturated rings. The molecule has 108 valence electrons. The quantitative estimate of drug-likeness (QED) is 0.514. The molecule has 1 aromatic carbocycles. The predicted octanol–water partition coefficient (Wildman–Crippen LogP) is 5.09. The molecule has 3 nitrogen and oxygen atoms in total. The van der Waals surface area contributed by atoms with Gasteiger partial charge in [0.1, 0.15) is 16.3 Å². The van der Waals surface area contributed by atoms with Crippen LogP contribution in [0.15, 0.2) is 54.9 Å². The van der Waals surface area contributed by atoms with Gasteiger partial charge < -0.3 is 4.40 Å². The minimum atomic E-state index is 0.697. The highest BCUT2D eigenvalue weighted by atomic mass is 35.5. The van der Waals surface area contributed by atoms with Crippen molar-refractivity contribution in [3.63, 3.8) is 0 Å². The fraction of sp³-hybridized carbons (Fsp3) is 0.0588. The average Bonchev–Trinajstić information content (AvgIpc) is 3.11. The third-order valence-corrected chi connectivity index (χ3v) is 4.92. The Morgan fingerprint density at radius 1 is 1.00 bits per heavy atom. The van der Waals surface area contributed by atoms with Gasteiger partial charge in [-0.1, -0.05) is 41.9 Å². The minimum absolute atomic E-state index is 0.697. The van der Waals surface area contributed by atoms with Gasteiger partial charge in [0, 0.05) is 18.0 Å². The van der Waals surface area contributed by atoms with Crippen LogP contribution in [0, 0.1) is 6.92 Å².